The molecule has 2 heterocycles. The molecular formula is C22H20N7O11P. The Kier molecular flexibility index (Phi) is 8.49. The first-order chi connectivity index (χ1) is 19.5. The van der Waals surface area contributed by atoms with Crippen molar-refractivity contribution in [3.05, 3.63) is 112 Å². The van der Waals surface area contributed by atoms with E-state index in [0.717, 1.165) is 28.8 Å². The van der Waals surface area contributed by atoms with E-state index in [9.17, 15) is 34.4 Å². The molecule has 1 N–H and O–H groups in total. The third kappa shape index (κ3) is 6.95. The van der Waals surface area contributed by atoms with Gasteiger partial charge in [-0.15, -0.1) is 0 Å². The molecule has 19 heteroatoms. The molecule has 1 saturated heterocycles. The van der Waals surface area contributed by atoms with Gasteiger partial charge in [-0.2, -0.15) is 0 Å². The summed E-state index contributed by atoms with van der Waals surface area (Å²) in [5, 5.41) is 26.0. The molecule has 1 aliphatic rings. The fourth-order valence-corrected chi connectivity index (χ4v) is 5.04. The van der Waals surface area contributed by atoms with Gasteiger partial charge in [0.2, 0.25) is 0 Å². The Bertz CT molecular complexity index is 1640. The van der Waals surface area contributed by atoms with Gasteiger partial charge in [-0.05, 0) is 24.6 Å². The van der Waals surface area contributed by atoms with Crippen molar-refractivity contribution in [2.45, 2.75) is 31.7 Å². The van der Waals surface area contributed by atoms with Gasteiger partial charge in [0.1, 0.15) is 17.7 Å². The van der Waals surface area contributed by atoms with Crippen LogP contribution in [0, 0.1) is 27.2 Å². The van der Waals surface area contributed by atoms with Crippen molar-refractivity contribution < 1.29 is 32.7 Å². The monoisotopic (exact) mass is 589 g/mol. The SMILES string of the molecule is Cc1cn([C@H]2C[C@H](N=[N+]=[N-])[C@@H](COP(=O)(Oc3cccc([N+](=O)[O-])c3)Oc3cccc([N+](=O)[O-])c3)O2)c(=O)[nH]c1=O. The van der Waals surface area contributed by atoms with Crippen molar-refractivity contribution in [3.63, 3.8) is 0 Å². The molecule has 0 spiro atoms. The van der Waals surface area contributed by atoms with Gasteiger partial charge in [0.15, 0.2) is 0 Å². The first-order valence-electron chi connectivity index (χ1n) is 11.6. The van der Waals surface area contributed by atoms with Gasteiger partial charge in [-0.25, -0.2) is 9.36 Å². The second-order valence-electron chi connectivity index (χ2n) is 8.55. The Hall–Kier alpha value is -5.02. The zero-order chi connectivity index (χ0) is 29.7. The third-order valence-electron chi connectivity index (χ3n) is 5.75. The van der Waals surface area contributed by atoms with Crippen LogP contribution >= 0.6 is 7.82 Å². The number of nitro benzene ring substituents is 2. The number of H-pyrrole nitrogens is 1. The molecule has 0 unspecified atom stereocenters. The number of aromatic nitrogens is 2. The maximum absolute atomic E-state index is 13.8. The van der Waals surface area contributed by atoms with Crippen molar-refractivity contribution in [2.75, 3.05) is 6.61 Å². The second kappa shape index (κ2) is 12.0. The molecule has 41 heavy (non-hydrogen) atoms. The van der Waals surface area contributed by atoms with Crippen LogP contribution in [0.2, 0.25) is 0 Å². The highest BCUT2D eigenvalue weighted by molar-refractivity contribution is 7.49. The zero-order valence-electron chi connectivity index (χ0n) is 21.0. The number of azide groups is 1. The van der Waals surface area contributed by atoms with E-state index in [-0.39, 0.29) is 23.5 Å². The van der Waals surface area contributed by atoms with E-state index in [2.05, 4.69) is 15.0 Å². The number of aromatic amines is 1. The lowest BCUT2D eigenvalue weighted by Crippen LogP contribution is -2.33. The second-order valence-corrected chi connectivity index (χ2v) is 10.1. The lowest BCUT2D eigenvalue weighted by atomic mass is 10.1. The summed E-state index contributed by atoms with van der Waals surface area (Å²) < 4.78 is 36.9. The number of aryl methyl sites for hydroxylation is 1. The van der Waals surface area contributed by atoms with E-state index in [4.69, 9.17) is 23.8 Å². The summed E-state index contributed by atoms with van der Waals surface area (Å²) >= 11 is 0. The molecule has 1 fully saturated rings. The maximum atomic E-state index is 13.8. The van der Waals surface area contributed by atoms with Gasteiger partial charge >= 0.3 is 13.5 Å². The molecule has 1 aliphatic heterocycles. The molecule has 3 aromatic rings. The number of phosphoric acid groups is 1. The van der Waals surface area contributed by atoms with Crippen LogP contribution in [0.5, 0.6) is 11.5 Å². The number of hydrogen-bond acceptors (Lipinski definition) is 12. The quantitative estimate of drug-likeness (QED) is 0.0838. The highest BCUT2D eigenvalue weighted by Crippen LogP contribution is 2.51. The van der Waals surface area contributed by atoms with E-state index in [1.807, 2.05) is 0 Å². The van der Waals surface area contributed by atoms with E-state index >= 15 is 0 Å². The van der Waals surface area contributed by atoms with E-state index in [0.29, 0.717) is 0 Å². The fraction of sp³-hybridized carbons (Fsp3) is 0.273. The Morgan fingerprint density at radius 2 is 1.71 bits per heavy atom. The first kappa shape index (κ1) is 29.0. The Balaban J connectivity index is 1.61. The van der Waals surface area contributed by atoms with Crippen LogP contribution in [0.3, 0.4) is 0 Å². The number of rotatable bonds is 11. The van der Waals surface area contributed by atoms with Crippen LogP contribution in [0.1, 0.15) is 18.2 Å². The lowest BCUT2D eigenvalue weighted by molar-refractivity contribution is -0.385. The molecule has 0 saturated carbocycles. The van der Waals surface area contributed by atoms with Crippen LogP contribution < -0.4 is 20.3 Å². The van der Waals surface area contributed by atoms with Crippen molar-refractivity contribution in [1.82, 2.24) is 9.55 Å². The van der Waals surface area contributed by atoms with Crippen LogP contribution in [-0.2, 0) is 13.8 Å². The smallest absolute Gasteiger partial charge is 0.395 e. The highest BCUT2D eigenvalue weighted by atomic mass is 31.2. The van der Waals surface area contributed by atoms with Gasteiger partial charge < -0.3 is 13.8 Å². The van der Waals surface area contributed by atoms with Crippen LogP contribution in [-0.4, -0.2) is 38.2 Å². The number of nitrogens with one attached hydrogen (secondary N) is 1. The molecule has 18 nitrogen and oxygen atoms in total. The summed E-state index contributed by atoms with van der Waals surface area (Å²) in [6.07, 6.45) is -0.863. The average molecular weight is 589 g/mol. The van der Waals surface area contributed by atoms with Gasteiger partial charge in [0.05, 0.1) is 40.7 Å². The van der Waals surface area contributed by atoms with Gasteiger partial charge in [-0.3, -0.25) is 39.1 Å². The number of ether oxygens (including phenoxy) is 1. The van der Waals surface area contributed by atoms with Crippen LogP contribution in [0.25, 0.3) is 10.4 Å². The fourth-order valence-electron chi connectivity index (χ4n) is 3.83. The minimum atomic E-state index is -4.75. The molecule has 0 aliphatic carbocycles. The standard InChI is InChI=1S/C22H20N7O11P/c1-13-11-27(22(31)24-21(13)30)20-10-18(25-26-23)19(38-20)12-37-41(36,39-16-6-2-4-14(8-16)28(32)33)40-17-7-3-5-15(9-17)29(34)35/h2-9,11,18-20H,10,12H2,1H3,(H,24,30,31)/t18-,19+,20+/m0/s1. The van der Waals surface area contributed by atoms with Gasteiger partial charge in [-0.1, -0.05) is 17.2 Å². The summed E-state index contributed by atoms with van der Waals surface area (Å²) in [4.78, 5) is 49.9. The largest absolute Gasteiger partial charge is 0.587 e. The van der Waals surface area contributed by atoms with Crippen molar-refractivity contribution in [1.29, 1.82) is 0 Å². The van der Waals surface area contributed by atoms with Crippen molar-refractivity contribution in [2.24, 2.45) is 5.11 Å². The molecule has 2 aromatic carbocycles. The topological polar surface area (TPSA) is 244 Å². The van der Waals surface area contributed by atoms with E-state index < -0.39 is 65.3 Å². The zero-order valence-corrected chi connectivity index (χ0v) is 21.9. The van der Waals surface area contributed by atoms with Crippen molar-refractivity contribution >= 4 is 19.2 Å². The highest BCUT2D eigenvalue weighted by Gasteiger charge is 2.40. The Labute approximate surface area is 228 Å². The van der Waals surface area contributed by atoms with Crippen LogP contribution in [0.4, 0.5) is 11.4 Å². The normalized spacial score (nSPS) is 18.3. The number of non-ortho nitro benzene ring substituents is 2. The molecule has 0 amide bonds. The van der Waals surface area contributed by atoms with Crippen molar-refractivity contribution in [3.8, 4) is 11.5 Å². The molecule has 0 radical (unpaired) electrons. The van der Waals surface area contributed by atoms with E-state index in [1.165, 1.54) is 37.4 Å². The Morgan fingerprint density at radius 3 is 2.24 bits per heavy atom. The minimum Gasteiger partial charge on any atom is -0.395 e. The number of nitro groups is 2. The predicted molar refractivity (Wildman–Crippen MR) is 139 cm³/mol. The summed E-state index contributed by atoms with van der Waals surface area (Å²) in [6, 6.07) is 8.33. The summed E-state index contributed by atoms with van der Waals surface area (Å²) in [5.41, 5.74) is 7.09. The molecule has 4 rings (SSSR count). The molecule has 0 bridgehead atoms. The third-order valence-corrected chi connectivity index (χ3v) is 7.08. The molecule has 1 aromatic heterocycles. The number of phosphoric ester groups is 1. The van der Waals surface area contributed by atoms with E-state index in [1.54, 1.807) is 0 Å². The lowest BCUT2D eigenvalue weighted by Gasteiger charge is -2.22. The minimum absolute atomic E-state index is 0.0226. The molecule has 214 valence electrons. The molecule has 3 atom stereocenters. The summed E-state index contributed by atoms with van der Waals surface area (Å²) in [7, 11) is -4.75. The molecular weight excluding hydrogens is 569 g/mol. The average Bonchev–Trinajstić information content (AvgIpc) is 3.32. The summed E-state index contributed by atoms with van der Waals surface area (Å²) in [6.45, 7) is 0.875. The number of benzene rings is 2. The van der Waals surface area contributed by atoms with Gasteiger partial charge in [0.25, 0.3) is 16.9 Å². The summed E-state index contributed by atoms with van der Waals surface area (Å²) in [5.74, 6) is -0.555. The Morgan fingerprint density at radius 1 is 1.12 bits per heavy atom. The van der Waals surface area contributed by atoms with Crippen LogP contribution in [0.15, 0.2) is 69.4 Å². The first-order valence-corrected chi connectivity index (χ1v) is 13.1. The number of nitrogens with zero attached hydrogens (tertiary/aromatic N) is 6. The maximum Gasteiger partial charge on any atom is 0.587 e. The van der Waals surface area contributed by atoms with Gasteiger partial charge in [0, 0.05) is 35.2 Å². The number of hydrogen-bond donors (Lipinski definition) is 1. The predicted octanol–water partition coefficient (Wildman–Crippen LogP) is 3.91.